The standard InChI is InChI=1S/C29H39ClN2O5S2/c1-21(13-17-35-16-8-6-4-3-5-7-14-30)27-29(37-27)36-18-15-32(2)26-12-11-25(39-26)24-10-9-23(38-24)19-22(20-31)28(33)34/h9-12,19-20,27,29,31H,1,3-8,13-18H2,2H3,(H,33,34)/b22-19+,31-20?. The summed E-state index contributed by atoms with van der Waals surface area (Å²) in [4.78, 5) is 16.3. The van der Waals surface area contributed by atoms with Crippen molar-refractivity contribution in [3.63, 3.8) is 0 Å². The largest absolute Gasteiger partial charge is 0.478 e. The molecule has 39 heavy (non-hydrogen) atoms. The van der Waals surface area contributed by atoms with Crippen molar-refractivity contribution in [1.82, 2.24) is 0 Å². The fourth-order valence-electron chi connectivity index (χ4n) is 3.93. The molecule has 2 aromatic rings. The Morgan fingerprint density at radius 3 is 2.56 bits per heavy atom. The first-order valence-corrected chi connectivity index (χ1v) is 15.5. The maximum atomic E-state index is 11.1. The molecule has 1 aliphatic heterocycles. The Labute approximate surface area is 244 Å². The minimum Gasteiger partial charge on any atom is -0.478 e. The molecule has 2 aromatic heterocycles. The number of likely N-dealkylation sites (N-methyl/N-ethyl adjacent to an activating group) is 1. The number of carboxylic acids is 1. The number of alkyl halides is 1. The van der Waals surface area contributed by atoms with Crippen LogP contribution in [0.4, 0.5) is 5.00 Å². The summed E-state index contributed by atoms with van der Waals surface area (Å²) < 4.78 is 17.3. The number of ether oxygens (including phenoxy) is 3. The number of halogens is 1. The number of rotatable bonds is 21. The molecule has 0 aliphatic carbocycles. The summed E-state index contributed by atoms with van der Waals surface area (Å²) in [5, 5.41) is 17.5. The van der Waals surface area contributed by atoms with E-state index in [0.29, 0.717) is 13.2 Å². The molecule has 1 saturated heterocycles. The van der Waals surface area contributed by atoms with Gasteiger partial charge in [-0.15, -0.1) is 34.3 Å². The van der Waals surface area contributed by atoms with Gasteiger partial charge in [-0.25, -0.2) is 4.79 Å². The second-order valence-corrected chi connectivity index (χ2v) is 12.0. The molecule has 2 atom stereocenters. The highest BCUT2D eigenvalue weighted by Crippen LogP contribution is 2.37. The van der Waals surface area contributed by atoms with Crippen molar-refractivity contribution in [2.24, 2.45) is 0 Å². The van der Waals surface area contributed by atoms with Crippen LogP contribution in [-0.4, -0.2) is 69.0 Å². The molecule has 0 spiro atoms. The summed E-state index contributed by atoms with van der Waals surface area (Å²) in [6.45, 7) is 6.90. The third-order valence-electron chi connectivity index (χ3n) is 6.34. The average Bonchev–Trinajstić information content (AvgIpc) is 3.29. The predicted octanol–water partition coefficient (Wildman–Crippen LogP) is 7.31. The number of thiophene rings is 2. The fourth-order valence-corrected chi connectivity index (χ4v) is 6.16. The minimum absolute atomic E-state index is 0.0365. The molecule has 214 valence electrons. The minimum atomic E-state index is -1.10. The van der Waals surface area contributed by atoms with Crippen molar-refractivity contribution in [3.8, 4) is 9.75 Å². The Morgan fingerprint density at radius 1 is 1.10 bits per heavy atom. The molecular weight excluding hydrogens is 556 g/mol. The van der Waals surface area contributed by atoms with Crippen LogP contribution < -0.4 is 4.90 Å². The number of hydrogen-bond acceptors (Lipinski definition) is 8. The second kappa shape index (κ2) is 16.9. The van der Waals surface area contributed by atoms with E-state index in [4.69, 9.17) is 36.3 Å². The Kier molecular flexibility index (Phi) is 13.7. The molecule has 0 saturated carbocycles. The molecule has 0 aromatic carbocycles. The molecule has 7 nitrogen and oxygen atoms in total. The first-order chi connectivity index (χ1) is 18.9. The van der Waals surface area contributed by atoms with Gasteiger partial charge in [-0.3, -0.25) is 0 Å². The molecule has 1 aliphatic rings. The lowest BCUT2D eigenvalue weighted by atomic mass is 10.1. The van der Waals surface area contributed by atoms with Crippen LogP contribution in [0.2, 0.25) is 0 Å². The van der Waals surface area contributed by atoms with Crippen molar-refractivity contribution in [3.05, 3.63) is 46.9 Å². The number of nitrogens with one attached hydrogen (secondary N) is 1. The van der Waals surface area contributed by atoms with Gasteiger partial charge in [0.25, 0.3) is 0 Å². The third kappa shape index (κ3) is 10.8. The van der Waals surface area contributed by atoms with Crippen LogP contribution in [-0.2, 0) is 19.0 Å². The van der Waals surface area contributed by atoms with Gasteiger partial charge in [0.1, 0.15) is 6.10 Å². The van der Waals surface area contributed by atoms with Crippen molar-refractivity contribution in [2.75, 3.05) is 44.2 Å². The van der Waals surface area contributed by atoms with Crippen molar-refractivity contribution in [2.45, 2.75) is 57.3 Å². The van der Waals surface area contributed by atoms with Crippen LogP contribution in [0.5, 0.6) is 0 Å². The number of carboxylic acid groups (broad SMARTS) is 1. The monoisotopic (exact) mass is 594 g/mol. The van der Waals surface area contributed by atoms with E-state index in [2.05, 4.69) is 23.6 Å². The summed E-state index contributed by atoms with van der Waals surface area (Å²) in [5.41, 5.74) is 0.989. The molecule has 0 radical (unpaired) electrons. The highest BCUT2D eigenvalue weighted by molar-refractivity contribution is 7.24. The van der Waals surface area contributed by atoms with E-state index in [-0.39, 0.29) is 18.0 Å². The van der Waals surface area contributed by atoms with Crippen molar-refractivity contribution >= 4 is 57.5 Å². The number of hydrogen-bond donors (Lipinski definition) is 2. The molecule has 1 fully saturated rings. The van der Waals surface area contributed by atoms with Gasteiger partial charge in [-0.05, 0) is 55.2 Å². The SMILES string of the molecule is C=C(CCOCCCCCCCCCl)C1OC1OCCN(C)c1ccc(-c2ccc(/C=C(\C=N)C(=O)O)s2)s1. The molecule has 10 heteroatoms. The van der Waals surface area contributed by atoms with Crippen LogP contribution >= 0.6 is 34.3 Å². The lowest BCUT2D eigenvalue weighted by Gasteiger charge is -2.16. The average molecular weight is 595 g/mol. The summed E-state index contributed by atoms with van der Waals surface area (Å²) >= 11 is 8.88. The summed E-state index contributed by atoms with van der Waals surface area (Å²) in [6.07, 6.45) is 10.1. The Hall–Kier alpha value is -2.01. The topological polar surface area (TPSA) is 95.4 Å². The second-order valence-electron chi connectivity index (χ2n) is 9.44. The van der Waals surface area contributed by atoms with Crippen LogP contribution in [0.3, 0.4) is 0 Å². The van der Waals surface area contributed by atoms with E-state index in [1.807, 2.05) is 19.2 Å². The van der Waals surface area contributed by atoms with E-state index in [0.717, 1.165) is 69.7 Å². The van der Waals surface area contributed by atoms with Gasteiger partial charge in [-0.2, -0.15) is 0 Å². The van der Waals surface area contributed by atoms with Gasteiger partial charge in [0.15, 0.2) is 6.29 Å². The fraction of sp³-hybridized carbons (Fsp3) is 0.517. The van der Waals surface area contributed by atoms with Gasteiger partial charge in [0.2, 0.25) is 0 Å². The zero-order chi connectivity index (χ0) is 28.0. The number of nitrogens with zero attached hydrogens (tertiary/aromatic N) is 1. The highest BCUT2D eigenvalue weighted by atomic mass is 35.5. The van der Waals surface area contributed by atoms with Crippen molar-refractivity contribution in [1.29, 1.82) is 5.41 Å². The van der Waals surface area contributed by atoms with E-state index in [1.165, 1.54) is 43.1 Å². The van der Waals surface area contributed by atoms with Gasteiger partial charge in [0, 0.05) is 46.9 Å². The zero-order valence-corrected chi connectivity index (χ0v) is 24.9. The number of carbonyl (C=O) groups is 1. The van der Waals surface area contributed by atoms with E-state index >= 15 is 0 Å². The van der Waals surface area contributed by atoms with E-state index < -0.39 is 5.97 Å². The van der Waals surface area contributed by atoms with Crippen LogP contribution in [0.15, 0.2) is 42.0 Å². The van der Waals surface area contributed by atoms with Crippen LogP contribution in [0, 0.1) is 5.41 Å². The first kappa shape index (κ1) is 31.5. The Balaban J connectivity index is 1.29. The maximum absolute atomic E-state index is 11.1. The quantitative estimate of drug-likeness (QED) is 0.0393. The first-order valence-electron chi connectivity index (χ1n) is 13.4. The molecule has 2 N–H and O–H groups in total. The molecule has 2 unspecified atom stereocenters. The summed E-state index contributed by atoms with van der Waals surface area (Å²) in [6, 6.07) is 8.01. The smallest absolute Gasteiger partial charge is 0.337 e. The maximum Gasteiger partial charge on any atom is 0.337 e. The molecule has 0 amide bonds. The van der Waals surface area contributed by atoms with E-state index in [9.17, 15) is 4.79 Å². The molecule has 3 rings (SSSR count). The lowest BCUT2D eigenvalue weighted by molar-refractivity contribution is -0.131. The normalized spacial score (nSPS) is 16.8. The molecule has 3 heterocycles. The third-order valence-corrected chi connectivity index (χ3v) is 9.04. The zero-order valence-electron chi connectivity index (χ0n) is 22.5. The van der Waals surface area contributed by atoms with Gasteiger partial charge in [-0.1, -0.05) is 32.3 Å². The summed E-state index contributed by atoms with van der Waals surface area (Å²) in [5.74, 6) is -0.336. The molecule has 0 bridgehead atoms. The van der Waals surface area contributed by atoms with Gasteiger partial charge < -0.3 is 29.6 Å². The number of aliphatic carboxylic acids is 1. The number of epoxide rings is 1. The van der Waals surface area contributed by atoms with Crippen LogP contribution in [0.1, 0.15) is 49.8 Å². The lowest BCUT2D eigenvalue weighted by Crippen LogP contribution is -2.22. The Bertz CT molecular complexity index is 1100. The highest BCUT2D eigenvalue weighted by Gasteiger charge is 2.41. The van der Waals surface area contributed by atoms with E-state index in [1.54, 1.807) is 11.3 Å². The van der Waals surface area contributed by atoms with Gasteiger partial charge in [0.05, 0.1) is 23.8 Å². The van der Waals surface area contributed by atoms with Crippen molar-refractivity contribution < 1.29 is 24.1 Å². The molecular formula is C29H39ClN2O5S2. The van der Waals surface area contributed by atoms with Gasteiger partial charge >= 0.3 is 5.97 Å². The number of unbranched alkanes of at least 4 members (excludes halogenated alkanes) is 5. The summed E-state index contributed by atoms with van der Waals surface area (Å²) in [7, 11) is 2.03. The Morgan fingerprint density at radius 2 is 1.82 bits per heavy atom. The van der Waals surface area contributed by atoms with Crippen LogP contribution in [0.25, 0.3) is 15.8 Å². The number of anilines is 1. The predicted molar refractivity (Wildman–Crippen MR) is 163 cm³/mol.